The molecular formula is C20H15ClN2O3. The number of hydrogen-bond donors (Lipinski definition) is 1. The molecule has 0 unspecified atom stereocenters. The van der Waals surface area contributed by atoms with Gasteiger partial charge in [0.05, 0.1) is 28.9 Å². The van der Waals surface area contributed by atoms with Crippen LogP contribution in [0.5, 0.6) is 0 Å². The Labute approximate surface area is 155 Å². The Kier molecular flexibility index (Phi) is 5.29. The molecule has 0 bridgehead atoms. The van der Waals surface area contributed by atoms with E-state index in [0.29, 0.717) is 16.3 Å². The van der Waals surface area contributed by atoms with Crippen molar-refractivity contribution in [3.8, 4) is 0 Å². The van der Waals surface area contributed by atoms with E-state index >= 15 is 0 Å². The van der Waals surface area contributed by atoms with Crippen LogP contribution in [0.1, 0.15) is 15.9 Å². The van der Waals surface area contributed by atoms with Crippen LogP contribution < -0.4 is 5.32 Å². The summed E-state index contributed by atoms with van der Waals surface area (Å²) < 4.78 is 4.67. The molecule has 0 radical (unpaired) electrons. The normalized spacial score (nSPS) is 10.8. The Bertz CT molecular complexity index is 1010. The highest BCUT2D eigenvalue weighted by atomic mass is 35.5. The van der Waals surface area contributed by atoms with E-state index in [-0.39, 0.29) is 5.91 Å². The molecular weight excluding hydrogens is 352 g/mol. The van der Waals surface area contributed by atoms with Gasteiger partial charge in [0.15, 0.2) is 0 Å². The minimum Gasteiger partial charge on any atom is -0.465 e. The van der Waals surface area contributed by atoms with Gasteiger partial charge >= 0.3 is 5.97 Å². The van der Waals surface area contributed by atoms with Crippen LogP contribution in [0, 0.1) is 0 Å². The van der Waals surface area contributed by atoms with E-state index in [1.807, 2.05) is 30.3 Å². The first kappa shape index (κ1) is 17.6. The highest BCUT2D eigenvalue weighted by Crippen LogP contribution is 2.24. The molecule has 130 valence electrons. The summed E-state index contributed by atoms with van der Waals surface area (Å²) in [6.45, 7) is 0. The fraction of sp³-hybridized carbons (Fsp3) is 0.0500. The van der Waals surface area contributed by atoms with Crippen LogP contribution in [0.3, 0.4) is 0 Å². The molecule has 0 aliphatic carbocycles. The first-order valence-electron chi connectivity index (χ1n) is 7.79. The molecule has 0 spiro atoms. The van der Waals surface area contributed by atoms with E-state index in [1.54, 1.807) is 12.3 Å². The molecule has 1 heterocycles. The summed E-state index contributed by atoms with van der Waals surface area (Å²) in [4.78, 5) is 28.2. The second kappa shape index (κ2) is 7.80. The molecule has 0 aliphatic heterocycles. The van der Waals surface area contributed by atoms with Crippen LogP contribution in [-0.2, 0) is 9.53 Å². The summed E-state index contributed by atoms with van der Waals surface area (Å²) in [5, 5.41) is 3.98. The van der Waals surface area contributed by atoms with Gasteiger partial charge in [0, 0.05) is 23.2 Å². The summed E-state index contributed by atoms with van der Waals surface area (Å²) >= 11 is 6.08. The van der Waals surface area contributed by atoms with Gasteiger partial charge in [-0.3, -0.25) is 9.78 Å². The largest absolute Gasteiger partial charge is 0.465 e. The molecule has 2 aromatic carbocycles. The maximum absolute atomic E-state index is 12.2. The number of nitrogens with zero attached hydrogens (tertiary/aromatic N) is 1. The van der Waals surface area contributed by atoms with Crippen molar-refractivity contribution in [1.82, 2.24) is 4.98 Å². The number of halogens is 1. The topological polar surface area (TPSA) is 68.3 Å². The van der Waals surface area contributed by atoms with Crippen molar-refractivity contribution in [3.63, 3.8) is 0 Å². The molecule has 1 aromatic heterocycles. The second-order valence-electron chi connectivity index (χ2n) is 5.43. The molecule has 5 nitrogen and oxygen atoms in total. The monoisotopic (exact) mass is 366 g/mol. The number of carbonyl (C=O) groups is 2. The molecule has 0 atom stereocenters. The predicted octanol–water partition coefficient (Wildman–Crippen LogP) is 4.33. The summed E-state index contributed by atoms with van der Waals surface area (Å²) in [6.07, 6.45) is 4.78. The Morgan fingerprint density at radius 1 is 1.15 bits per heavy atom. The third kappa shape index (κ3) is 3.90. The van der Waals surface area contributed by atoms with Crippen molar-refractivity contribution in [1.29, 1.82) is 0 Å². The average Bonchev–Trinajstić information content (AvgIpc) is 2.67. The maximum atomic E-state index is 12.2. The van der Waals surface area contributed by atoms with E-state index in [0.717, 1.165) is 16.5 Å². The average molecular weight is 367 g/mol. The molecule has 3 aromatic rings. The number of amides is 1. The molecule has 6 heteroatoms. The fourth-order valence-electron chi connectivity index (χ4n) is 2.47. The minimum atomic E-state index is -0.505. The number of benzene rings is 2. The SMILES string of the molecule is COC(=O)c1ccc(Cl)c(NC(=O)/C=C/c2cccc3cccnc23)c1. The lowest BCUT2D eigenvalue weighted by molar-refractivity contribution is -0.111. The number of para-hydroxylation sites is 1. The zero-order valence-corrected chi connectivity index (χ0v) is 14.7. The van der Waals surface area contributed by atoms with Crippen molar-refractivity contribution in [2.75, 3.05) is 12.4 Å². The van der Waals surface area contributed by atoms with Crippen LogP contribution in [-0.4, -0.2) is 24.0 Å². The predicted molar refractivity (Wildman–Crippen MR) is 102 cm³/mol. The molecule has 0 saturated carbocycles. The van der Waals surface area contributed by atoms with Crippen LogP contribution in [0.2, 0.25) is 5.02 Å². The third-order valence-corrected chi connectivity index (χ3v) is 4.05. The van der Waals surface area contributed by atoms with Crippen molar-refractivity contribution < 1.29 is 14.3 Å². The van der Waals surface area contributed by atoms with Gasteiger partial charge in [0.25, 0.3) is 0 Å². The maximum Gasteiger partial charge on any atom is 0.337 e. The van der Waals surface area contributed by atoms with E-state index in [2.05, 4.69) is 15.0 Å². The number of methoxy groups -OCH3 is 1. The number of carbonyl (C=O) groups excluding carboxylic acids is 2. The van der Waals surface area contributed by atoms with E-state index < -0.39 is 5.97 Å². The standard InChI is InChI=1S/C20H15ClN2O3/c1-26-20(25)15-7-9-16(21)17(12-15)23-18(24)10-8-14-5-2-4-13-6-3-11-22-19(13)14/h2-12H,1H3,(H,23,24)/b10-8+. The summed E-state index contributed by atoms with van der Waals surface area (Å²) in [5.74, 6) is -0.878. The van der Waals surface area contributed by atoms with Crippen LogP contribution >= 0.6 is 11.6 Å². The van der Waals surface area contributed by atoms with E-state index in [9.17, 15) is 9.59 Å². The highest BCUT2D eigenvalue weighted by molar-refractivity contribution is 6.34. The lowest BCUT2D eigenvalue weighted by Crippen LogP contribution is -2.10. The number of pyridine rings is 1. The number of aromatic nitrogens is 1. The molecule has 3 rings (SSSR count). The smallest absolute Gasteiger partial charge is 0.337 e. The van der Waals surface area contributed by atoms with Crippen LogP contribution in [0.25, 0.3) is 17.0 Å². The van der Waals surface area contributed by atoms with Crippen molar-refractivity contribution >= 4 is 46.1 Å². The van der Waals surface area contributed by atoms with Gasteiger partial charge in [-0.15, -0.1) is 0 Å². The summed E-state index contributed by atoms with van der Waals surface area (Å²) in [5.41, 5.74) is 2.27. The number of anilines is 1. The Balaban J connectivity index is 1.80. The van der Waals surface area contributed by atoms with E-state index in [4.69, 9.17) is 11.6 Å². The summed E-state index contributed by atoms with van der Waals surface area (Å²) in [7, 11) is 1.29. The minimum absolute atomic E-state index is 0.300. The van der Waals surface area contributed by atoms with Crippen LogP contribution in [0.15, 0.2) is 60.8 Å². The zero-order chi connectivity index (χ0) is 18.5. The van der Waals surface area contributed by atoms with Gasteiger partial charge in [-0.05, 0) is 30.3 Å². The summed E-state index contributed by atoms with van der Waals surface area (Å²) in [6, 6.07) is 14.1. The number of hydrogen-bond acceptors (Lipinski definition) is 4. The first-order valence-corrected chi connectivity index (χ1v) is 8.17. The highest BCUT2D eigenvalue weighted by Gasteiger charge is 2.10. The molecule has 0 fully saturated rings. The molecule has 1 N–H and O–H groups in total. The Morgan fingerprint density at radius 3 is 2.77 bits per heavy atom. The molecule has 0 saturated heterocycles. The van der Waals surface area contributed by atoms with E-state index in [1.165, 1.54) is 31.4 Å². The number of fused-ring (bicyclic) bond motifs is 1. The quantitative estimate of drug-likeness (QED) is 0.551. The number of nitrogens with one attached hydrogen (secondary N) is 1. The lowest BCUT2D eigenvalue weighted by Gasteiger charge is -2.07. The third-order valence-electron chi connectivity index (χ3n) is 3.72. The first-order chi connectivity index (χ1) is 12.6. The van der Waals surface area contributed by atoms with Crippen molar-refractivity contribution in [3.05, 3.63) is 77.0 Å². The van der Waals surface area contributed by atoms with Gasteiger partial charge < -0.3 is 10.1 Å². The second-order valence-corrected chi connectivity index (χ2v) is 5.84. The number of ether oxygens (including phenoxy) is 1. The van der Waals surface area contributed by atoms with Gasteiger partial charge in [-0.2, -0.15) is 0 Å². The van der Waals surface area contributed by atoms with Gasteiger partial charge in [0.2, 0.25) is 5.91 Å². The fourth-order valence-corrected chi connectivity index (χ4v) is 2.63. The van der Waals surface area contributed by atoms with Gasteiger partial charge in [-0.25, -0.2) is 4.79 Å². The molecule has 1 amide bonds. The number of rotatable bonds is 4. The van der Waals surface area contributed by atoms with Gasteiger partial charge in [0.1, 0.15) is 0 Å². The van der Waals surface area contributed by atoms with Gasteiger partial charge in [-0.1, -0.05) is 35.9 Å². The molecule has 26 heavy (non-hydrogen) atoms. The lowest BCUT2D eigenvalue weighted by atomic mass is 10.1. The Hall–Kier alpha value is -3.18. The van der Waals surface area contributed by atoms with Crippen molar-refractivity contribution in [2.24, 2.45) is 0 Å². The number of esters is 1. The van der Waals surface area contributed by atoms with Crippen LogP contribution in [0.4, 0.5) is 5.69 Å². The zero-order valence-electron chi connectivity index (χ0n) is 13.9. The Morgan fingerprint density at radius 2 is 1.96 bits per heavy atom. The van der Waals surface area contributed by atoms with Crippen molar-refractivity contribution in [2.45, 2.75) is 0 Å². The molecule has 0 aliphatic rings.